The van der Waals surface area contributed by atoms with Gasteiger partial charge in [0, 0.05) is 38.9 Å². The van der Waals surface area contributed by atoms with Gasteiger partial charge >= 0.3 is 0 Å². The van der Waals surface area contributed by atoms with Crippen LogP contribution in [0.1, 0.15) is 28.8 Å². The van der Waals surface area contributed by atoms with Gasteiger partial charge in [-0.1, -0.05) is 0 Å². The van der Waals surface area contributed by atoms with Crippen molar-refractivity contribution in [1.82, 2.24) is 4.90 Å². The molecule has 1 aromatic heterocycles. The Bertz CT molecular complexity index is 1420. The number of likely N-dealkylation sites (tertiary alicyclic amines) is 1. The van der Waals surface area contributed by atoms with Crippen LogP contribution in [0.3, 0.4) is 0 Å². The number of benzene rings is 3. The number of carbonyl (C=O) groups excluding carboxylic acids is 3. The van der Waals surface area contributed by atoms with E-state index in [9.17, 15) is 24.6 Å². The quantitative estimate of drug-likeness (QED) is 0.288. The monoisotopic (exact) mass is 487 g/mol. The van der Waals surface area contributed by atoms with E-state index in [-0.39, 0.29) is 55.1 Å². The van der Waals surface area contributed by atoms with Gasteiger partial charge in [0.1, 0.15) is 23.9 Å². The second-order valence-electron chi connectivity index (χ2n) is 8.17. The van der Waals surface area contributed by atoms with Crippen LogP contribution in [0.5, 0.6) is 17.2 Å². The maximum atomic E-state index is 13.6. The maximum Gasteiger partial charge on any atom is 0.229 e. The molecule has 35 heavy (non-hydrogen) atoms. The van der Waals surface area contributed by atoms with Gasteiger partial charge < -0.3 is 14.9 Å². The Balaban J connectivity index is 1.39. The Morgan fingerprint density at radius 3 is 2.23 bits per heavy atom. The summed E-state index contributed by atoms with van der Waals surface area (Å²) in [7, 11) is 0. The van der Waals surface area contributed by atoms with E-state index in [0.29, 0.717) is 16.9 Å². The largest absolute Gasteiger partial charge is 0.508 e. The standard InChI is InChI=1S/C27H21NO6S/c29-18-5-1-17(2-6-18)27-25(21-10-7-19(30)15-22(21)35-27)26(33)16-3-8-20(9-4-16)34-14-13-28-23(31)11-12-24(28)32/h1-10,15,29-30H,11-14H2. The van der Waals surface area contributed by atoms with Crippen LogP contribution in [-0.4, -0.2) is 45.9 Å². The van der Waals surface area contributed by atoms with E-state index in [0.717, 1.165) is 20.5 Å². The molecule has 4 aromatic rings. The smallest absolute Gasteiger partial charge is 0.229 e. The first-order chi connectivity index (χ1) is 16.9. The number of fused-ring (bicyclic) bond motifs is 1. The Morgan fingerprint density at radius 2 is 1.54 bits per heavy atom. The molecule has 1 saturated heterocycles. The lowest BCUT2D eigenvalue weighted by Crippen LogP contribution is -2.33. The number of hydrogen-bond donors (Lipinski definition) is 2. The third-order valence-electron chi connectivity index (χ3n) is 5.89. The number of nitrogens with zero attached hydrogens (tertiary/aromatic N) is 1. The molecule has 2 N–H and O–H groups in total. The second-order valence-corrected chi connectivity index (χ2v) is 9.23. The molecular weight excluding hydrogens is 466 g/mol. The minimum Gasteiger partial charge on any atom is -0.508 e. The summed E-state index contributed by atoms with van der Waals surface area (Å²) in [5, 5.41) is 20.3. The summed E-state index contributed by atoms with van der Waals surface area (Å²) in [5.41, 5.74) is 1.78. The number of ketones is 1. The minimum atomic E-state index is -0.180. The third kappa shape index (κ3) is 4.48. The van der Waals surface area contributed by atoms with Gasteiger partial charge in [0.15, 0.2) is 5.78 Å². The molecule has 176 valence electrons. The second kappa shape index (κ2) is 9.23. The molecule has 2 amide bonds. The van der Waals surface area contributed by atoms with Crippen LogP contribution in [0.2, 0.25) is 0 Å². The van der Waals surface area contributed by atoms with Gasteiger partial charge in [0.25, 0.3) is 0 Å². The maximum absolute atomic E-state index is 13.6. The zero-order valence-corrected chi connectivity index (χ0v) is 19.4. The lowest BCUT2D eigenvalue weighted by molar-refractivity contribution is -0.138. The Morgan fingerprint density at radius 1 is 0.886 bits per heavy atom. The molecule has 0 radical (unpaired) electrons. The van der Waals surface area contributed by atoms with Crippen LogP contribution in [0, 0.1) is 0 Å². The highest BCUT2D eigenvalue weighted by Crippen LogP contribution is 2.41. The molecular formula is C27H21NO6S. The first-order valence-corrected chi connectivity index (χ1v) is 11.9. The number of ether oxygens (including phenoxy) is 1. The predicted octanol–water partition coefficient (Wildman–Crippen LogP) is 4.74. The molecule has 0 aliphatic carbocycles. The van der Waals surface area contributed by atoms with Crippen molar-refractivity contribution < 1.29 is 29.3 Å². The van der Waals surface area contributed by atoms with E-state index in [2.05, 4.69) is 0 Å². The van der Waals surface area contributed by atoms with E-state index in [4.69, 9.17) is 4.74 Å². The molecule has 1 aliphatic heterocycles. The molecule has 7 nitrogen and oxygen atoms in total. The van der Waals surface area contributed by atoms with E-state index in [1.807, 2.05) is 0 Å². The number of phenolic OH excluding ortho intramolecular Hbond substituents is 2. The van der Waals surface area contributed by atoms with Gasteiger partial charge in [-0.15, -0.1) is 11.3 Å². The van der Waals surface area contributed by atoms with Crippen LogP contribution in [-0.2, 0) is 9.59 Å². The van der Waals surface area contributed by atoms with Crippen LogP contribution in [0.25, 0.3) is 20.5 Å². The number of phenols is 2. The summed E-state index contributed by atoms with van der Waals surface area (Å²) in [6, 6.07) is 18.3. The summed E-state index contributed by atoms with van der Waals surface area (Å²) in [5.74, 6) is 0.244. The first kappa shape index (κ1) is 22.6. The lowest BCUT2D eigenvalue weighted by Gasteiger charge is -2.14. The number of aromatic hydroxyl groups is 2. The van der Waals surface area contributed by atoms with Crippen molar-refractivity contribution in [3.05, 3.63) is 77.9 Å². The lowest BCUT2D eigenvalue weighted by atomic mass is 9.97. The highest BCUT2D eigenvalue weighted by atomic mass is 32.1. The van der Waals surface area contributed by atoms with Crippen molar-refractivity contribution in [2.75, 3.05) is 13.2 Å². The normalized spacial score (nSPS) is 13.5. The van der Waals surface area contributed by atoms with Crippen LogP contribution in [0.4, 0.5) is 0 Å². The van der Waals surface area contributed by atoms with Crippen molar-refractivity contribution in [1.29, 1.82) is 0 Å². The van der Waals surface area contributed by atoms with Crippen molar-refractivity contribution in [3.8, 4) is 27.7 Å². The van der Waals surface area contributed by atoms with Gasteiger partial charge in [-0.05, 0) is 72.3 Å². The predicted molar refractivity (Wildman–Crippen MR) is 132 cm³/mol. The highest BCUT2D eigenvalue weighted by molar-refractivity contribution is 7.22. The van der Waals surface area contributed by atoms with E-state index in [1.54, 1.807) is 66.7 Å². The van der Waals surface area contributed by atoms with Crippen LogP contribution >= 0.6 is 11.3 Å². The number of rotatable bonds is 7. The molecule has 8 heteroatoms. The third-order valence-corrected chi connectivity index (χ3v) is 7.09. The topological polar surface area (TPSA) is 104 Å². The van der Waals surface area contributed by atoms with Gasteiger partial charge in [-0.3, -0.25) is 19.3 Å². The zero-order valence-electron chi connectivity index (χ0n) is 18.6. The van der Waals surface area contributed by atoms with Crippen LogP contribution < -0.4 is 4.74 Å². The van der Waals surface area contributed by atoms with Gasteiger partial charge in [0.05, 0.1) is 6.54 Å². The van der Waals surface area contributed by atoms with E-state index >= 15 is 0 Å². The molecule has 5 rings (SSSR count). The van der Waals surface area contributed by atoms with Gasteiger partial charge in [-0.2, -0.15) is 0 Å². The Labute approximate surface area is 204 Å². The number of carbonyl (C=O) groups is 3. The molecule has 0 bridgehead atoms. The van der Waals surface area contributed by atoms with Crippen molar-refractivity contribution in [2.24, 2.45) is 0 Å². The summed E-state index contributed by atoms with van der Waals surface area (Å²) >= 11 is 1.40. The average molecular weight is 488 g/mol. The zero-order chi connectivity index (χ0) is 24.5. The van der Waals surface area contributed by atoms with Crippen molar-refractivity contribution in [3.63, 3.8) is 0 Å². The average Bonchev–Trinajstić information content (AvgIpc) is 3.39. The van der Waals surface area contributed by atoms with Crippen molar-refractivity contribution >= 4 is 39.0 Å². The summed E-state index contributed by atoms with van der Waals surface area (Å²) in [6.45, 7) is 0.372. The molecule has 1 aliphatic rings. The highest BCUT2D eigenvalue weighted by Gasteiger charge is 2.28. The van der Waals surface area contributed by atoms with E-state index < -0.39 is 0 Å². The number of thiophene rings is 1. The van der Waals surface area contributed by atoms with Gasteiger partial charge in [-0.25, -0.2) is 0 Å². The fourth-order valence-electron chi connectivity index (χ4n) is 4.10. The molecule has 2 heterocycles. The SMILES string of the molecule is O=C(c1ccc(OCCN2C(=O)CCC2=O)cc1)c1c(-c2ccc(O)cc2)sc2cc(O)ccc12. The number of hydrogen-bond acceptors (Lipinski definition) is 7. The summed E-state index contributed by atoms with van der Waals surface area (Å²) < 4.78 is 6.45. The molecule has 0 spiro atoms. The molecule has 1 fully saturated rings. The first-order valence-electron chi connectivity index (χ1n) is 11.1. The molecule has 0 atom stereocenters. The van der Waals surface area contributed by atoms with Crippen LogP contribution in [0.15, 0.2) is 66.7 Å². The fourth-order valence-corrected chi connectivity index (χ4v) is 5.34. The Hall–Kier alpha value is -4.17. The Kier molecular flexibility index (Phi) is 5.96. The van der Waals surface area contributed by atoms with Gasteiger partial charge in [0.2, 0.25) is 11.8 Å². The number of amides is 2. The van der Waals surface area contributed by atoms with E-state index in [1.165, 1.54) is 16.2 Å². The fraction of sp³-hybridized carbons (Fsp3) is 0.148. The minimum absolute atomic E-state index is 0.119. The van der Waals surface area contributed by atoms with Crippen molar-refractivity contribution in [2.45, 2.75) is 12.8 Å². The molecule has 0 unspecified atom stereocenters. The summed E-state index contributed by atoms with van der Waals surface area (Å²) in [4.78, 5) is 39.0. The summed E-state index contributed by atoms with van der Waals surface area (Å²) in [6.07, 6.45) is 0.497. The molecule has 3 aromatic carbocycles. The number of imide groups is 1. The molecule has 0 saturated carbocycles.